The largest absolute Gasteiger partial charge is 0.368 e. The minimum absolute atomic E-state index is 0.149. The van der Waals surface area contributed by atoms with Crippen LogP contribution in [0.15, 0.2) is 83.9 Å². The zero-order valence-electron chi connectivity index (χ0n) is 23.3. The molecule has 3 rings (SSSR count). The van der Waals surface area contributed by atoms with Gasteiger partial charge in [-0.25, -0.2) is 0 Å². The standard InChI is InChI=1S/C33H43N3/c1-22(2)28-20-15-21-29(23(3)4)32(28)36-31(27-18-13-10-14-19-27)30(26-16-11-9-12-17-26)33(34-24(5)6)35-25(7)8/h9-25,36H,1-8H3,(H,34,35)/b31-30+. The van der Waals surface area contributed by atoms with Crippen LogP contribution in [0.1, 0.15) is 89.5 Å². The maximum absolute atomic E-state index is 5.10. The highest BCUT2D eigenvalue weighted by atomic mass is 15.0. The molecule has 0 unspecified atom stereocenters. The van der Waals surface area contributed by atoms with E-state index in [0.717, 1.165) is 28.2 Å². The maximum atomic E-state index is 5.10. The molecule has 36 heavy (non-hydrogen) atoms. The molecular weight excluding hydrogens is 438 g/mol. The topological polar surface area (TPSA) is 36.4 Å². The molecule has 0 radical (unpaired) electrons. The summed E-state index contributed by atoms with van der Waals surface area (Å²) in [6.45, 7) is 17.6. The number of nitrogens with zero attached hydrogens (tertiary/aromatic N) is 1. The Labute approximate surface area is 218 Å². The first kappa shape index (κ1) is 27.3. The van der Waals surface area contributed by atoms with Crippen molar-refractivity contribution in [3.63, 3.8) is 0 Å². The molecule has 0 aliphatic rings. The van der Waals surface area contributed by atoms with Crippen molar-refractivity contribution in [2.45, 2.75) is 79.3 Å². The van der Waals surface area contributed by atoms with E-state index in [4.69, 9.17) is 4.99 Å². The van der Waals surface area contributed by atoms with Crippen molar-refractivity contribution < 1.29 is 0 Å². The first-order valence-electron chi connectivity index (χ1n) is 13.3. The molecule has 3 heteroatoms. The third kappa shape index (κ3) is 6.87. The molecule has 2 N–H and O–H groups in total. The van der Waals surface area contributed by atoms with Crippen molar-refractivity contribution in [1.82, 2.24) is 5.32 Å². The Morgan fingerprint density at radius 2 is 1.11 bits per heavy atom. The summed E-state index contributed by atoms with van der Waals surface area (Å²) in [6.07, 6.45) is 0. The van der Waals surface area contributed by atoms with Crippen LogP contribution in [-0.4, -0.2) is 17.9 Å². The van der Waals surface area contributed by atoms with Gasteiger partial charge in [0.05, 0.1) is 5.70 Å². The molecule has 0 saturated carbocycles. The number of aliphatic imine (C=N–C) groups is 1. The molecule has 0 bridgehead atoms. The van der Waals surface area contributed by atoms with Gasteiger partial charge in [0, 0.05) is 23.3 Å². The van der Waals surface area contributed by atoms with Gasteiger partial charge < -0.3 is 10.6 Å². The lowest BCUT2D eigenvalue weighted by Crippen LogP contribution is -2.33. The lowest BCUT2D eigenvalue weighted by atomic mass is 9.91. The third-order valence-corrected chi connectivity index (χ3v) is 6.05. The van der Waals surface area contributed by atoms with Crippen LogP contribution < -0.4 is 10.6 Å². The highest BCUT2D eigenvalue weighted by Gasteiger charge is 2.22. The third-order valence-electron chi connectivity index (χ3n) is 6.05. The molecule has 0 heterocycles. The van der Waals surface area contributed by atoms with Crippen LogP contribution in [0.5, 0.6) is 0 Å². The molecule has 0 aliphatic heterocycles. The van der Waals surface area contributed by atoms with Crippen LogP contribution >= 0.6 is 0 Å². The predicted molar refractivity (Wildman–Crippen MR) is 159 cm³/mol. The minimum atomic E-state index is 0.149. The summed E-state index contributed by atoms with van der Waals surface area (Å²) in [5.74, 6) is 1.69. The summed E-state index contributed by atoms with van der Waals surface area (Å²) >= 11 is 0. The lowest BCUT2D eigenvalue weighted by molar-refractivity contribution is 0.723. The quantitative estimate of drug-likeness (QED) is 0.182. The average Bonchev–Trinajstić information content (AvgIpc) is 2.83. The van der Waals surface area contributed by atoms with E-state index in [1.54, 1.807) is 0 Å². The average molecular weight is 482 g/mol. The molecular formula is C33H43N3. The van der Waals surface area contributed by atoms with Crippen molar-refractivity contribution in [2.75, 3.05) is 5.32 Å². The Bertz CT molecular complexity index is 1140. The SMILES string of the molecule is CC(C)N=C(NC(C)C)/C(=C(/Nc1c(C(C)C)cccc1C(C)C)c1ccccc1)c1ccccc1. The van der Waals surface area contributed by atoms with Gasteiger partial charge in [-0.05, 0) is 61.8 Å². The highest BCUT2D eigenvalue weighted by molar-refractivity contribution is 6.30. The molecule has 0 fully saturated rings. The number of para-hydroxylation sites is 1. The van der Waals surface area contributed by atoms with Crippen molar-refractivity contribution in [1.29, 1.82) is 0 Å². The minimum Gasteiger partial charge on any atom is -0.368 e. The van der Waals surface area contributed by atoms with E-state index >= 15 is 0 Å². The summed E-state index contributed by atoms with van der Waals surface area (Å²) in [6, 6.07) is 28.3. The first-order chi connectivity index (χ1) is 17.2. The van der Waals surface area contributed by atoms with Crippen molar-refractivity contribution in [3.05, 3.63) is 101 Å². The van der Waals surface area contributed by atoms with Crippen LogP contribution in [0, 0.1) is 0 Å². The molecule has 0 spiro atoms. The van der Waals surface area contributed by atoms with E-state index < -0.39 is 0 Å². The number of nitrogens with one attached hydrogen (secondary N) is 2. The molecule has 3 aromatic carbocycles. The van der Waals surface area contributed by atoms with Crippen LogP contribution in [-0.2, 0) is 0 Å². The molecule has 0 saturated heterocycles. The summed E-state index contributed by atoms with van der Waals surface area (Å²) < 4.78 is 0. The second kappa shape index (κ2) is 12.6. The van der Waals surface area contributed by atoms with E-state index in [2.05, 4.69) is 145 Å². The van der Waals surface area contributed by atoms with Crippen LogP contribution in [0.25, 0.3) is 11.3 Å². The number of anilines is 1. The van der Waals surface area contributed by atoms with Crippen LogP contribution in [0.4, 0.5) is 5.69 Å². The fraction of sp³-hybridized carbons (Fsp3) is 0.364. The Morgan fingerprint density at radius 3 is 1.56 bits per heavy atom. The molecule has 0 aromatic heterocycles. The van der Waals surface area contributed by atoms with Gasteiger partial charge in [-0.15, -0.1) is 0 Å². The number of hydrogen-bond donors (Lipinski definition) is 2. The van der Waals surface area contributed by atoms with Crippen molar-refractivity contribution >= 4 is 22.8 Å². The Kier molecular flexibility index (Phi) is 9.52. The fourth-order valence-corrected chi connectivity index (χ4v) is 4.41. The number of amidine groups is 1. The van der Waals surface area contributed by atoms with Crippen LogP contribution in [0.3, 0.4) is 0 Å². The Hall–Kier alpha value is -3.33. The van der Waals surface area contributed by atoms with Gasteiger partial charge in [0.15, 0.2) is 0 Å². The monoisotopic (exact) mass is 481 g/mol. The number of rotatable bonds is 9. The fourth-order valence-electron chi connectivity index (χ4n) is 4.41. The van der Waals surface area contributed by atoms with Gasteiger partial charge in [-0.3, -0.25) is 4.99 Å². The second-order valence-electron chi connectivity index (χ2n) is 10.6. The van der Waals surface area contributed by atoms with Gasteiger partial charge in [-0.2, -0.15) is 0 Å². The predicted octanol–water partition coefficient (Wildman–Crippen LogP) is 8.72. The van der Waals surface area contributed by atoms with E-state index in [1.165, 1.54) is 16.8 Å². The zero-order valence-corrected chi connectivity index (χ0v) is 23.3. The van der Waals surface area contributed by atoms with Gasteiger partial charge in [-0.1, -0.05) is 107 Å². The van der Waals surface area contributed by atoms with E-state index in [9.17, 15) is 0 Å². The normalized spacial score (nSPS) is 12.9. The number of benzene rings is 3. The van der Waals surface area contributed by atoms with Crippen LogP contribution in [0.2, 0.25) is 0 Å². The Balaban J connectivity index is 2.43. The molecule has 0 atom stereocenters. The lowest BCUT2D eigenvalue weighted by Gasteiger charge is -2.26. The van der Waals surface area contributed by atoms with Crippen molar-refractivity contribution in [3.8, 4) is 0 Å². The van der Waals surface area contributed by atoms with E-state index in [0.29, 0.717) is 11.8 Å². The summed E-state index contributed by atoms with van der Waals surface area (Å²) in [7, 11) is 0. The Morgan fingerprint density at radius 1 is 0.611 bits per heavy atom. The van der Waals surface area contributed by atoms with E-state index in [-0.39, 0.29) is 12.1 Å². The number of hydrogen-bond acceptors (Lipinski definition) is 2. The molecule has 190 valence electrons. The van der Waals surface area contributed by atoms with E-state index in [1.807, 2.05) is 0 Å². The maximum Gasteiger partial charge on any atom is 0.131 e. The highest BCUT2D eigenvalue weighted by Crippen LogP contribution is 2.37. The smallest absolute Gasteiger partial charge is 0.131 e. The summed E-state index contributed by atoms with van der Waals surface area (Å²) in [4.78, 5) is 5.10. The summed E-state index contributed by atoms with van der Waals surface area (Å²) in [5, 5.41) is 7.65. The van der Waals surface area contributed by atoms with Gasteiger partial charge in [0.2, 0.25) is 0 Å². The van der Waals surface area contributed by atoms with Gasteiger partial charge in [0.25, 0.3) is 0 Å². The molecule has 3 aromatic rings. The molecule has 0 amide bonds. The zero-order chi connectivity index (χ0) is 26.2. The van der Waals surface area contributed by atoms with Gasteiger partial charge >= 0.3 is 0 Å². The van der Waals surface area contributed by atoms with Gasteiger partial charge in [0.1, 0.15) is 5.84 Å². The van der Waals surface area contributed by atoms with Crippen molar-refractivity contribution in [2.24, 2.45) is 4.99 Å². The first-order valence-corrected chi connectivity index (χ1v) is 13.3. The summed E-state index contributed by atoms with van der Waals surface area (Å²) in [5.41, 5.74) is 8.24. The second-order valence-corrected chi connectivity index (χ2v) is 10.6. The molecule has 3 nitrogen and oxygen atoms in total. The molecule has 0 aliphatic carbocycles.